The lowest BCUT2D eigenvalue weighted by Gasteiger charge is -2.21. The lowest BCUT2D eigenvalue weighted by atomic mass is 10.0. The van der Waals surface area contributed by atoms with E-state index in [1.54, 1.807) is 0 Å². The van der Waals surface area contributed by atoms with E-state index in [-0.39, 0.29) is 24.0 Å². The van der Waals surface area contributed by atoms with E-state index in [0.29, 0.717) is 19.1 Å². The van der Waals surface area contributed by atoms with Crippen LogP contribution in [-0.4, -0.2) is 38.4 Å². The molecule has 0 aliphatic carbocycles. The zero-order valence-electron chi connectivity index (χ0n) is 9.95. The fraction of sp³-hybridized carbons (Fsp3) is 0.909. The van der Waals surface area contributed by atoms with Crippen LogP contribution in [0.25, 0.3) is 0 Å². The van der Waals surface area contributed by atoms with Crippen LogP contribution in [0.1, 0.15) is 20.8 Å². The standard InChI is InChI=1S/C11H21NO3/c1-7(2)8(3)15-11(13)9-5-14-6-10(9)12-4/h7-10,12H,5-6H2,1-4H3. The number of carbonyl (C=O) groups is 1. The minimum absolute atomic E-state index is 0.0318. The zero-order chi connectivity index (χ0) is 11.4. The maximum atomic E-state index is 11.8. The summed E-state index contributed by atoms with van der Waals surface area (Å²) < 4.78 is 10.6. The second-order valence-corrected chi connectivity index (χ2v) is 4.43. The third-order valence-electron chi connectivity index (χ3n) is 2.99. The molecular weight excluding hydrogens is 194 g/mol. The number of ether oxygens (including phenoxy) is 2. The Hall–Kier alpha value is -0.610. The molecule has 15 heavy (non-hydrogen) atoms. The van der Waals surface area contributed by atoms with E-state index < -0.39 is 0 Å². The van der Waals surface area contributed by atoms with E-state index in [0.717, 1.165) is 0 Å². The third-order valence-corrected chi connectivity index (χ3v) is 2.99. The number of hydrogen-bond donors (Lipinski definition) is 1. The summed E-state index contributed by atoms with van der Waals surface area (Å²) in [5, 5.41) is 3.07. The second-order valence-electron chi connectivity index (χ2n) is 4.43. The molecule has 0 amide bonds. The summed E-state index contributed by atoms with van der Waals surface area (Å²) in [5.41, 5.74) is 0. The van der Waals surface area contributed by atoms with Gasteiger partial charge in [-0.3, -0.25) is 4.79 Å². The van der Waals surface area contributed by atoms with Gasteiger partial charge in [0, 0.05) is 6.04 Å². The highest BCUT2D eigenvalue weighted by Gasteiger charge is 2.35. The minimum atomic E-state index is -0.156. The molecule has 0 radical (unpaired) electrons. The first-order valence-electron chi connectivity index (χ1n) is 5.51. The topological polar surface area (TPSA) is 47.6 Å². The summed E-state index contributed by atoms with van der Waals surface area (Å²) in [6.45, 7) is 7.06. The van der Waals surface area contributed by atoms with E-state index in [1.807, 2.05) is 27.8 Å². The lowest BCUT2D eigenvalue weighted by Crippen LogP contribution is -2.39. The molecule has 1 rings (SSSR count). The van der Waals surface area contributed by atoms with Crippen LogP contribution in [-0.2, 0) is 14.3 Å². The van der Waals surface area contributed by atoms with Gasteiger partial charge in [0.25, 0.3) is 0 Å². The molecule has 0 aromatic rings. The van der Waals surface area contributed by atoms with Gasteiger partial charge >= 0.3 is 5.97 Å². The highest BCUT2D eigenvalue weighted by Crippen LogP contribution is 2.17. The Bertz CT molecular complexity index is 218. The first-order valence-corrected chi connectivity index (χ1v) is 5.51. The van der Waals surface area contributed by atoms with Gasteiger partial charge in [0.2, 0.25) is 0 Å². The summed E-state index contributed by atoms with van der Waals surface area (Å²) in [6.07, 6.45) is -0.0318. The summed E-state index contributed by atoms with van der Waals surface area (Å²) in [5.74, 6) is 0.0496. The van der Waals surface area contributed by atoms with Crippen LogP contribution in [0.3, 0.4) is 0 Å². The van der Waals surface area contributed by atoms with Gasteiger partial charge in [-0.05, 0) is 19.9 Å². The van der Waals surface area contributed by atoms with Crippen molar-refractivity contribution in [1.82, 2.24) is 5.32 Å². The molecule has 1 aliphatic heterocycles. The van der Waals surface area contributed by atoms with Gasteiger partial charge in [-0.25, -0.2) is 0 Å². The van der Waals surface area contributed by atoms with Crippen molar-refractivity contribution in [1.29, 1.82) is 0 Å². The van der Waals surface area contributed by atoms with Gasteiger partial charge in [-0.15, -0.1) is 0 Å². The average molecular weight is 215 g/mol. The Labute approximate surface area is 91.3 Å². The SMILES string of the molecule is CNC1COCC1C(=O)OC(C)C(C)C. The van der Waals surface area contributed by atoms with Gasteiger partial charge in [0.1, 0.15) is 6.10 Å². The molecule has 1 saturated heterocycles. The molecule has 1 heterocycles. The van der Waals surface area contributed by atoms with E-state index in [4.69, 9.17) is 9.47 Å². The maximum Gasteiger partial charge on any atom is 0.313 e. The molecule has 0 aromatic carbocycles. The molecule has 1 fully saturated rings. The predicted octanol–water partition coefficient (Wildman–Crippen LogP) is 0.808. The molecular formula is C11H21NO3. The van der Waals surface area contributed by atoms with Crippen LogP contribution in [0.5, 0.6) is 0 Å². The molecule has 0 saturated carbocycles. The molecule has 0 aromatic heterocycles. The Morgan fingerprint density at radius 2 is 2.07 bits per heavy atom. The fourth-order valence-corrected chi connectivity index (χ4v) is 1.48. The number of hydrogen-bond acceptors (Lipinski definition) is 4. The van der Waals surface area contributed by atoms with Crippen molar-refractivity contribution in [2.24, 2.45) is 11.8 Å². The maximum absolute atomic E-state index is 11.8. The molecule has 3 unspecified atom stereocenters. The molecule has 88 valence electrons. The number of esters is 1. The number of rotatable bonds is 4. The van der Waals surface area contributed by atoms with Crippen molar-refractivity contribution in [2.75, 3.05) is 20.3 Å². The van der Waals surface area contributed by atoms with Crippen molar-refractivity contribution in [3.8, 4) is 0 Å². The van der Waals surface area contributed by atoms with E-state index in [2.05, 4.69) is 5.32 Å². The van der Waals surface area contributed by atoms with Gasteiger partial charge in [0.05, 0.1) is 19.1 Å². The molecule has 0 bridgehead atoms. The number of carbonyl (C=O) groups excluding carboxylic acids is 1. The van der Waals surface area contributed by atoms with Crippen LogP contribution in [0, 0.1) is 11.8 Å². The van der Waals surface area contributed by atoms with Crippen LogP contribution < -0.4 is 5.32 Å². The smallest absolute Gasteiger partial charge is 0.313 e. The molecule has 0 spiro atoms. The average Bonchev–Trinajstić information content (AvgIpc) is 2.64. The summed E-state index contributed by atoms with van der Waals surface area (Å²) >= 11 is 0. The van der Waals surface area contributed by atoms with Crippen LogP contribution in [0.15, 0.2) is 0 Å². The van der Waals surface area contributed by atoms with Gasteiger partial charge in [-0.1, -0.05) is 13.8 Å². The van der Waals surface area contributed by atoms with E-state index in [9.17, 15) is 4.79 Å². The Morgan fingerprint density at radius 1 is 1.40 bits per heavy atom. The predicted molar refractivity (Wildman–Crippen MR) is 57.5 cm³/mol. The molecule has 1 N–H and O–H groups in total. The first kappa shape index (κ1) is 12.5. The van der Waals surface area contributed by atoms with Gasteiger partial charge in [-0.2, -0.15) is 0 Å². The van der Waals surface area contributed by atoms with Crippen molar-refractivity contribution >= 4 is 5.97 Å². The molecule has 3 atom stereocenters. The second kappa shape index (κ2) is 5.47. The van der Waals surface area contributed by atoms with Gasteiger partial charge < -0.3 is 14.8 Å². The Balaban J connectivity index is 2.46. The Kier molecular flexibility index (Phi) is 4.54. The summed E-state index contributed by atoms with van der Waals surface area (Å²) in [7, 11) is 1.84. The van der Waals surface area contributed by atoms with Gasteiger partial charge in [0.15, 0.2) is 0 Å². The minimum Gasteiger partial charge on any atom is -0.462 e. The molecule has 1 aliphatic rings. The van der Waals surface area contributed by atoms with Crippen molar-refractivity contribution in [2.45, 2.75) is 32.9 Å². The summed E-state index contributed by atoms with van der Waals surface area (Å²) in [4.78, 5) is 11.8. The van der Waals surface area contributed by atoms with E-state index in [1.165, 1.54) is 0 Å². The summed E-state index contributed by atoms with van der Waals surface area (Å²) in [6, 6.07) is 0.0943. The van der Waals surface area contributed by atoms with Crippen molar-refractivity contribution < 1.29 is 14.3 Å². The van der Waals surface area contributed by atoms with Crippen LogP contribution >= 0.6 is 0 Å². The van der Waals surface area contributed by atoms with Crippen molar-refractivity contribution in [3.63, 3.8) is 0 Å². The zero-order valence-corrected chi connectivity index (χ0v) is 9.95. The fourth-order valence-electron chi connectivity index (χ4n) is 1.48. The first-order chi connectivity index (χ1) is 7.06. The van der Waals surface area contributed by atoms with Crippen LogP contribution in [0.4, 0.5) is 0 Å². The molecule has 4 heteroatoms. The highest BCUT2D eigenvalue weighted by molar-refractivity contribution is 5.74. The number of nitrogens with one attached hydrogen (secondary N) is 1. The largest absolute Gasteiger partial charge is 0.462 e. The monoisotopic (exact) mass is 215 g/mol. The Morgan fingerprint density at radius 3 is 2.60 bits per heavy atom. The quantitative estimate of drug-likeness (QED) is 0.705. The van der Waals surface area contributed by atoms with E-state index >= 15 is 0 Å². The highest BCUT2D eigenvalue weighted by atomic mass is 16.5. The molecule has 4 nitrogen and oxygen atoms in total. The number of likely N-dealkylation sites (N-methyl/N-ethyl adjacent to an activating group) is 1. The van der Waals surface area contributed by atoms with Crippen molar-refractivity contribution in [3.05, 3.63) is 0 Å². The normalized spacial score (nSPS) is 28.1. The third kappa shape index (κ3) is 3.18. The van der Waals surface area contributed by atoms with Crippen LogP contribution in [0.2, 0.25) is 0 Å². The lowest BCUT2D eigenvalue weighted by molar-refractivity contribution is -0.155.